The molecule has 0 aliphatic carbocycles. The first-order chi connectivity index (χ1) is 7.83. The Morgan fingerprint density at radius 1 is 1.25 bits per heavy atom. The molecule has 0 saturated heterocycles. The summed E-state index contributed by atoms with van der Waals surface area (Å²) in [4.78, 5) is 10.7. The van der Waals surface area contributed by atoms with Gasteiger partial charge >= 0.3 is 0 Å². The van der Waals surface area contributed by atoms with Gasteiger partial charge in [-0.1, -0.05) is 30.3 Å². The molecular weight excluding hydrogens is 222 g/mol. The van der Waals surface area contributed by atoms with Gasteiger partial charge in [-0.3, -0.25) is 10.0 Å². The monoisotopic (exact) mass is 239 g/mol. The second-order valence-corrected chi connectivity index (χ2v) is 4.64. The number of rotatable bonds is 7. The van der Waals surface area contributed by atoms with Crippen molar-refractivity contribution >= 4 is 17.7 Å². The summed E-state index contributed by atoms with van der Waals surface area (Å²) >= 11 is 1.87. The fourth-order valence-electron chi connectivity index (χ4n) is 1.31. The van der Waals surface area contributed by atoms with Gasteiger partial charge < -0.3 is 0 Å². The standard InChI is InChI=1S/C12H17NO2S/c14-12(13-15)8-4-5-9-16-10-11-6-2-1-3-7-11/h1-3,6-7,15H,4-5,8-10H2,(H,13,14). The number of amides is 1. The third-order valence-corrected chi connectivity index (χ3v) is 3.29. The highest BCUT2D eigenvalue weighted by molar-refractivity contribution is 7.98. The fraction of sp³-hybridized carbons (Fsp3) is 0.417. The van der Waals surface area contributed by atoms with E-state index < -0.39 is 0 Å². The molecule has 0 heterocycles. The quantitative estimate of drug-likeness (QED) is 0.437. The third kappa shape index (κ3) is 5.78. The van der Waals surface area contributed by atoms with E-state index in [1.807, 2.05) is 30.0 Å². The summed E-state index contributed by atoms with van der Waals surface area (Å²) in [6.45, 7) is 0. The van der Waals surface area contributed by atoms with Gasteiger partial charge in [0.25, 0.3) is 0 Å². The number of hydrogen-bond donors (Lipinski definition) is 2. The number of unbranched alkanes of at least 4 members (excludes halogenated alkanes) is 1. The lowest BCUT2D eigenvalue weighted by atomic mass is 10.2. The SMILES string of the molecule is O=C(CCCCSCc1ccccc1)NO. The molecular formula is C12H17NO2S. The van der Waals surface area contributed by atoms with Crippen molar-refractivity contribution in [1.82, 2.24) is 5.48 Å². The number of nitrogens with one attached hydrogen (secondary N) is 1. The van der Waals surface area contributed by atoms with Crippen LogP contribution in [0.25, 0.3) is 0 Å². The molecule has 0 unspecified atom stereocenters. The maximum absolute atomic E-state index is 10.7. The lowest BCUT2D eigenvalue weighted by molar-refractivity contribution is -0.129. The normalized spacial score (nSPS) is 10.1. The van der Waals surface area contributed by atoms with E-state index in [4.69, 9.17) is 5.21 Å². The van der Waals surface area contributed by atoms with Crippen molar-refractivity contribution < 1.29 is 10.0 Å². The Morgan fingerprint density at radius 3 is 2.69 bits per heavy atom. The zero-order valence-corrected chi connectivity index (χ0v) is 10.0. The molecule has 0 aliphatic rings. The van der Waals surface area contributed by atoms with Crippen LogP contribution >= 0.6 is 11.8 Å². The van der Waals surface area contributed by atoms with Crippen LogP contribution in [-0.4, -0.2) is 16.9 Å². The summed E-state index contributed by atoms with van der Waals surface area (Å²) in [7, 11) is 0. The minimum atomic E-state index is -0.298. The molecule has 0 atom stereocenters. The molecule has 0 bridgehead atoms. The second kappa shape index (κ2) is 8.19. The average molecular weight is 239 g/mol. The third-order valence-electron chi connectivity index (χ3n) is 2.18. The molecule has 1 rings (SSSR count). The van der Waals surface area contributed by atoms with E-state index in [1.54, 1.807) is 5.48 Å². The van der Waals surface area contributed by atoms with E-state index in [2.05, 4.69) is 12.1 Å². The van der Waals surface area contributed by atoms with Gasteiger partial charge in [0.2, 0.25) is 5.91 Å². The number of carbonyl (C=O) groups excluding carboxylic acids is 1. The van der Waals surface area contributed by atoms with Crippen LogP contribution in [0.2, 0.25) is 0 Å². The number of benzene rings is 1. The molecule has 0 saturated carbocycles. The van der Waals surface area contributed by atoms with Gasteiger partial charge in [-0.05, 0) is 24.2 Å². The highest BCUT2D eigenvalue weighted by atomic mass is 32.2. The van der Waals surface area contributed by atoms with Crippen molar-refractivity contribution in [2.75, 3.05) is 5.75 Å². The Balaban J connectivity index is 1.98. The molecule has 0 fully saturated rings. The maximum atomic E-state index is 10.7. The van der Waals surface area contributed by atoms with Crippen molar-refractivity contribution in [3.63, 3.8) is 0 Å². The van der Waals surface area contributed by atoms with Crippen LogP contribution in [0.5, 0.6) is 0 Å². The van der Waals surface area contributed by atoms with Gasteiger partial charge in [-0.2, -0.15) is 11.8 Å². The zero-order chi connectivity index (χ0) is 11.6. The van der Waals surface area contributed by atoms with Crippen LogP contribution < -0.4 is 5.48 Å². The van der Waals surface area contributed by atoms with Crippen LogP contribution in [0.4, 0.5) is 0 Å². The Labute approximate surface area is 100 Å². The molecule has 88 valence electrons. The van der Waals surface area contributed by atoms with E-state index in [-0.39, 0.29) is 5.91 Å². The minimum absolute atomic E-state index is 0.298. The summed E-state index contributed by atoms with van der Waals surface area (Å²) in [5, 5.41) is 8.28. The van der Waals surface area contributed by atoms with E-state index in [0.29, 0.717) is 6.42 Å². The van der Waals surface area contributed by atoms with Crippen LogP contribution in [-0.2, 0) is 10.5 Å². The van der Waals surface area contributed by atoms with Gasteiger partial charge in [-0.15, -0.1) is 0 Å². The first-order valence-corrected chi connectivity index (χ1v) is 6.53. The molecule has 2 N–H and O–H groups in total. The van der Waals surface area contributed by atoms with Crippen molar-refractivity contribution in [1.29, 1.82) is 0 Å². The predicted molar refractivity (Wildman–Crippen MR) is 66.4 cm³/mol. The van der Waals surface area contributed by atoms with E-state index >= 15 is 0 Å². The Bertz CT molecular complexity index is 303. The van der Waals surface area contributed by atoms with Crippen LogP contribution in [0, 0.1) is 0 Å². The molecule has 0 aromatic heterocycles. The van der Waals surface area contributed by atoms with Crippen molar-refractivity contribution in [3.05, 3.63) is 35.9 Å². The molecule has 16 heavy (non-hydrogen) atoms. The van der Waals surface area contributed by atoms with Gasteiger partial charge in [0.15, 0.2) is 0 Å². The summed E-state index contributed by atoms with van der Waals surface area (Å²) in [6.07, 6.45) is 2.24. The molecule has 1 amide bonds. The number of hydroxylamine groups is 1. The summed E-state index contributed by atoms with van der Waals surface area (Å²) in [5.74, 6) is 1.77. The van der Waals surface area contributed by atoms with E-state index in [1.165, 1.54) is 5.56 Å². The number of hydrogen-bond acceptors (Lipinski definition) is 3. The smallest absolute Gasteiger partial charge is 0.243 e. The van der Waals surface area contributed by atoms with E-state index in [0.717, 1.165) is 24.3 Å². The van der Waals surface area contributed by atoms with Gasteiger partial charge in [-0.25, -0.2) is 5.48 Å². The lowest BCUT2D eigenvalue weighted by Crippen LogP contribution is -2.17. The number of thioether (sulfide) groups is 1. The van der Waals surface area contributed by atoms with Crippen molar-refractivity contribution in [3.8, 4) is 0 Å². The Hall–Kier alpha value is -1.00. The minimum Gasteiger partial charge on any atom is -0.289 e. The Morgan fingerprint density at radius 2 is 2.00 bits per heavy atom. The highest BCUT2D eigenvalue weighted by Crippen LogP contribution is 2.13. The summed E-state index contributed by atoms with van der Waals surface area (Å²) < 4.78 is 0. The predicted octanol–water partition coefficient (Wildman–Crippen LogP) is 2.60. The average Bonchev–Trinajstić information content (AvgIpc) is 2.34. The zero-order valence-electron chi connectivity index (χ0n) is 9.19. The van der Waals surface area contributed by atoms with Crippen LogP contribution in [0.15, 0.2) is 30.3 Å². The van der Waals surface area contributed by atoms with Gasteiger partial charge in [0.05, 0.1) is 0 Å². The topological polar surface area (TPSA) is 49.3 Å². The molecule has 1 aromatic rings. The highest BCUT2D eigenvalue weighted by Gasteiger charge is 1.98. The molecule has 0 radical (unpaired) electrons. The Kier molecular flexibility index (Phi) is 6.69. The van der Waals surface area contributed by atoms with Gasteiger partial charge in [0, 0.05) is 12.2 Å². The maximum Gasteiger partial charge on any atom is 0.243 e. The second-order valence-electron chi connectivity index (χ2n) is 3.53. The molecule has 0 spiro atoms. The summed E-state index contributed by atoms with van der Waals surface area (Å²) in [5.41, 5.74) is 2.97. The molecule has 3 nitrogen and oxygen atoms in total. The van der Waals surface area contributed by atoms with Crippen molar-refractivity contribution in [2.24, 2.45) is 0 Å². The molecule has 1 aromatic carbocycles. The fourth-order valence-corrected chi connectivity index (χ4v) is 2.29. The first-order valence-electron chi connectivity index (χ1n) is 5.37. The van der Waals surface area contributed by atoms with Crippen LogP contribution in [0.3, 0.4) is 0 Å². The van der Waals surface area contributed by atoms with E-state index in [9.17, 15) is 4.79 Å². The lowest BCUT2D eigenvalue weighted by Gasteiger charge is -2.01. The van der Waals surface area contributed by atoms with Crippen LogP contribution in [0.1, 0.15) is 24.8 Å². The summed E-state index contributed by atoms with van der Waals surface area (Å²) in [6, 6.07) is 10.3. The van der Waals surface area contributed by atoms with Crippen molar-refractivity contribution in [2.45, 2.75) is 25.0 Å². The first kappa shape index (κ1) is 13.1. The van der Waals surface area contributed by atoms with Gasteiger partial charge in [0.1, 0.15) is 0 Å². The molecule has 4 heteroatoms. The molecule has 0 aliphatic heterocycles. The largest absolute Gasteiger partial charge is 0.289 e. The number of carbonyl (C=O) groups is 1.